The molecule has 0 saturated carbocycles. The van der Waals surface area contributed by atoms with Gasteiger partial charge in [-0.15, -0.1) is 0 Å². The van der Waals surface area contributed by atoms with Crippen LogP contribution in [0.1, 0.15) is 37.2 Å². The molecule has 0 aromatic carbocycles. The molecule has 0 radical (unpaired) electrons. The van der Waals surface area contributed by atoms with Gasteiger partial charge in [0.1, 0.15) is 5.69 Å². The standard InChI is InChI=1S/C12H19N3O3/c1-3-7-15-11(17)6-5-10(14-15)12(18)13-9(4-2)8-16/h5-6,9,16H,3-4,7-8H2,1-2H3,(H,13,18). The highest BCUT2D eigenvalue weighted by Crippen LogP contribution is 1.95. The molecule has 100 valence electrons. The third-order valence-electron chi connectivity index (χ3n) is 2.58. The first-order valence-corrected chi connectivity index (χ1v) is 6.12. The SMILES string of the molecule is CCCn1nc(C(=O)NC(CC)CO)ccc1=O. The van der Waals surface area contributed by atoms with Gasteiger partial charge in [-0.3, -0.25) is 9.59 Å². The van der Waals surface area contributed by atoms with Gasteiger partial charge in [0.2, 0.25) is 0 Å². The number of amides is 1. The second-order valence-electron chi connectivity index (χ2n) is 4.04. The van der Waals surface area contributed by atoms with Crippen LogP contribution in [0.5, 0.6) is 0 Å². The maximum absolute atomic E-state index is 11.8. The smallest absolute Gasteiger partial charge is 0.272 e. The normalized spacial score (nSPS) is 12.2. The number of carbonyl (C=O) groups excluding carboxylic acids is 1. The molecule has 0 bridgehead atoms. The molecule has 0 aliphatic heterocycles. The van der Waals surface area contributed by atoms with Gasteiger partial charge in [0, 0.05) is 12.6 Å². The Morgan fingerprint density at radius 1 is 1.50 bits per heavy atom. The molecule has 0 saturated heterocycles. The van der Waals surface area contributed by atoms with Gasteiger partial charge in [0.05, 0.1) is 12.6 Å². The van der Waals surface area contributed by atoms with E-state index in [1.54, 1.807) is 0 Å². The number of carbonyl (C=O) groups is 1. The molecule has 1 amide bonds. The zero-order valence-electron chi connectivity index (χ0n) is 10.7. The minimum Gasteiger partial charge on any atom is -0.394 e. The van der Waals surface area contributed by atoms with Crippen LogP contribution in [0.4, 0.5) is 0 Å². The van der Waals surface area contributed by atoms with E-state index >= 15 is 0 Å². The Morgan fingerprint density at radius 3 is 2.78 bits per heavy atom. The predicted molar refractivity (Wildman–Crippen MR) is 67.4 cm³/mol. The summed E-state index contributed by atoms with van der Waals surface area (Å²) in [6.45, 7) is 4.17. The van der Waals surface area contributed by atoms with Crippen molar-refractivity contribution < 1.29 is 9.90 Å². The van der Waals surface area contributed by atoms with Crippen molar-refractivity contribution in [1.29, 1.82) is 0 Å². The number of aryl methyl sites for hydroxylation is 1. The Balaban J connectivity index is 2.86. The number of nitrogens with one attached hydrogen (secondary N) is 1. The van der Waals surface area contributed by atoms with Gasteiger partial charge < -0.3 is 10.4 Å². The molecule has 0 aliphatic rings. The van der Waals surface area contributed by atoms with Crippen LogP contribution in [0.3, 0.4) is 0 Å². The van der Waals surface area contributed by atoms with Crippen LogP contribution in [-0.2, 0) is 6.54 Å². The minimum atomic E-state index is -0.374. The molecule has 0 aliphatic carbocycles. The molecule has 0 spiro atoms. The van der Waals surface area contributed by atoms with Crippen molar-refractivity contribution in [3.63, 3.8) is 0 Å². The van der Waals surface area contributed by atoms with Crippen molar-refractivity contribution in [3.8, 4) is 0 Å². The van der Waals surface area contributed by atoms with Gasteiger partial charge in [-0.2, -0.15) is 5.10 Å². The summed E-state index contributed by atoms with van der Waals surface area (Å²) in [5.41, 5.74) is -0.0300. The van der Waals surface area contributed by atoms with E-state index in [9.17, 15) is 9.59 Å². The van der Waals surface area contributed by atoms with Crippen LogP contribution in [0.2, 0.25) is 0 Å². The maximum atomic E-state index is 11.8. The summed E-state index contributed by atoms with van der Waals surface area (Å²) in [7, 11) is 0. The first kappa shape index (κ1) is 14.4. The van der Waals surface area contributed by atoms with Gasteiger partial charge in [0.25, 0.3) is 11.5 Å². The van der Waals surface area contributed by atoms with E-state index in [1.165, 1.54) is 16.8 Å². The fraction of sp³-hybridized carbons (Fsp3) is 0.583. The Hall–Kier alpha value is -1.69. The Labute approximate surface area is 106 Å². The monoisotopic (exact) mass is 253 g/mol. The lowest BCUT2D eigenvalue weighted by atomic mass is 10.2. The average Bonchev–Trinajstić information content (AvgIpc) is 2.38. The maximum Gasteiger partial charge on any atom is 0.272 e. The molecule has 6 nitrogen and oxygen atoms in total. The van der Waals surface area contributed by atoms with Crippen LogP contribution >= 0.6 is 0 Å². The lowest BCUT2D eigenvalue weighted by Crippen LogP contribution is -2.38. The van der Waals surface area contributed by atoms with Crippen LogP contribution < -0.4 is 10.9 Å². The van der Waals surface area contributed by atoms with Gasteiger partial charge in [0.15, 0.2) is 0 Å². The highest BCUT2D eigenvalue weighted by Gasteiger charge is 2.13. The zero-order chi connectivity index (χ0) is 13.5. The molecule has 2 N–H and O–H groups in total. The highest BCUT2D eigenvalue weighted by atomic mass is 16.3. The third-order valence-corrected chi connectivity index (χ3v) is 2.58. The molecule has 1 atom stereocenters. The molecule has 1 aromatic rings. The zero-order valence-corrected chi connectivity index (χ0v) is 10.7. The fourth-order valence-electron chi connectivity index (χ4n) is 1.48. The Bertz CT molecular complexity index is 452. The van der Waals surface area contributed by atoms with E-state index < -0.39 is 0 Å². The van der Waals surface area contributed by atoms with Crippen LogP contribution in [-0.4, -0.2) is 33.4 Å². The summed E-state index contributed by atoms with van der Waals surface area (Å²) in [4.78, 5) is 23.3. The van der Waals surface area contributed by atoms with Gasteiger partial charge in [-0.1, -0.05) is 13.8 Å². The van der Waals surface area contributed by atoms with E-state index in [0.29, 0.717) is 13.0 Å². The van der Waals surface area contributed by atoms with E-state index in [0.717, 1.165) is 6.42 Å². The molecular formula is C12H19N3O3. The summed E-state index contributed by atoms with van der Waals surface area (Å²) in [6.07, 6.45) is 1.41. The van der Waals surface area contributed by atoms with Crippen molar-refractivity contribution >= 4 is 5.91 Å². The van der Waals surface area contributed by atoms with Crippen molar-refractivity contribution in [1.82, 2.24) is 15.1 Å². The molecule has 1 aromatic heterocycles. The van der Waals surface area contributed by atoms with Crippen molar-refractivity contribution in [3.05, 3.63) is 28.2 Å². The van der Waals surface area contributed by atoms with Crippen LogP contribution in [0.25, 0.3) is 0 Å². The summed E-state index contributed by atoms with van der Waals surface area (Å²) in [6, 6.07) is 2.44. The fourth-order valence-corrected chi connectivity index (χ4v) is 1.48. The number of hydrogen-bond donors (Lipinski definition) is 2. The van der Waals surface area contributed by atoms with Crippen LogP contribution in [0.15, 0.2) is 16.9 Å². The second-order valence-corrected chi connectivity index (χ2v) is 4.04. The van der Waals surface area contributed by atoms with E-state index in [1.807, 2.05) is 13.8 Å². The molecule has 0 fully saturated rings. The Kier molecular flexibility index (Phi) is 5.51. The lowest BCUT2D eigenvalue weighted by Gasteiger charge is -2.13. The number of nitrogens with zero attached hydrogens (tertiary/aromatic N) is 2. The summed E-state index contributed by atoms with van der Waals surface area (Å²) in [5, 5.41) is 15.7. The number of hydrogen-bond acceptors (Lipinski definition) is 4. The van der Waals surface area contributed by atoms with E-state index in [-0.39, 0.29) is 29.8 Å². The number of rotatable bonds is 6. The first-order valence-electron chi connectivity index (χ1n) is 6.12. The largest absolute Gasteiger partial charge is 0.394 e. The van der Waals surface area contributed by atoms with Crippen molar-refractivity contribution in [2.45, 2.75) is 39.3 Å². The summed E-state index contributed by atoms with van der Waals surface area (Å²) >= 11 is 0. The van der Waals surface area contributed by atoms with E-state index in [2.05, 4.69) is 10.4 Å². The highest BCUT2D eigenvalue weighted by molar-refractivity contribution is 5.92. The second kappa shape index (κ2) is 6.90. The van der Waals surface area contributed by atoms with Gasteiger partial charge in [-0.25, -0.2) is 4.68 Å². The van der Waals surface area contributed by atoms with Crippen LogP contribution in [0, 0.1) is 0 Å². The number of aliphatic hydroxyl groups is 1. The lowest BCUT2D eigenvalue weighted by molar-refractivity contribution is 0.0907. The molecule has 18 heavy (non-hydrogen) atoms. The molecule has 1 heterocycles. The number of aromatic nitrogens is 2. The van der Waals surface area contributed by atoms with Gasteiger partial charge in [-0.05, 0) is 18.9 Å². The molecule has 6 heteroatoms. The summed E-state index contributed by atoms with van der Waals surface area (Å²) < 4.78 is 1.27. The summed E-state index contributed by atoms with van der Waals surface area (Å²) in [5.74, 6) is -0.374. The predicted octanol–water partition coefficient (Wildman–Crippen LogP) is 0.154. The average molecular weight is 253 g/mol. The topological polar surface area (TPSA) is 84.2 Å². The Morgan fingerprint density at radius 2 is 2.22 bits per heavy atom. The molecule has 1 unspecified atom stereocenters. The van der Waals surface area contributed by atoms with Crippen molar-refractivity contribution in [2.75, 3.05) is 6.61 Å². The number of aliphatic hydroxyl groups excluding tert-OH is 1. The van der Waals surface area contributed by atoms with Crippen molar-refractivity contribution in [2.24, 2.45) is 0 Å². The third kappa shape index (κ3) is 3.66. The van der Waals surface area contributed by atoms with Gasteiger partial charge >= 0.3 is 0 Å². The first-order chi connectivity index (χ1) is 8.62. The quantitative estimate of drug-likeness (QED) is 0.756. The van der Waals surface area contributed by atoms with E-state index in [4.69, 9.17) is 5.11 Å². The molecular weight excluding hydrogens is 234 g/mol. The molecule has 1 rings (SSSR count). The minimum absolute atomic E-state index is 0.114.